The van der Waals surface area contributed by atoms with Crippen molar-refractivity contribution in [1.82, 2.24) is 0 Å². The van der Waals surface area contributed by atoms with E-state index in [0.29, 0.717) is 12.1 Å². The summed E-state index contributed by atoms with van der Waals surface area (Å²) in [5.74, 6) is 1.59. The number of nitrogens with one attached hydrogen (secondary N) is 4. The summed E-state index contributed by atoms with van der Waals surface area (Å²) < 4.78 is 6.02. The molecule has 0 spiro atoms. The normalized spacial score (nSPS) is 10.8. The van der Waals surface area contributed by atoms with Crippen molar-refractivity contribution < 1.29 is 4.74 Å². The van der Waals surface area contributed by atoms with Gasteiger partial charge in [0.15, 0.2) is 0 Å². The van der Waals surface area contributed by atoms with E-state index in [9.17, 15) is 0 Å². The first-order valence-electron chi connectivity index (χ1n) is 12.1. The summed E-state index contributed by atoms with van der Waals surface area (Å²) in [6.07, 6.45) is 0. The molecule has 0 amide bonds. The SMILES string of the molecule is CC(C)Nc1ccc(Nc2ccc(Oc3ccc(Nc4ccc(NC(C)C)cc4)cc3)cc2)cc1. The predicted molar refractivity (Wildman–Crippen MR) is 150 cm³/mol. The van der Waals surface area contributed by atoms with Gasteiger partial charge in [-0.05, 0) is 125 Å². The van der Waals surface area contributed by atoms with Crippen molar-refractivity contribution in [3.63, 3.8) is 0 Å². The molecular formula is C30H34N4O. The van der Waals surface area contributed by atoms with E-state index in [-0.39, 0.29) is 0 Å². The molecule has 4 aromatic rings. The molecule has 5 heteroatoms. The summed E-state index contributed by atoms with van der Waals surface area (Å²) in [7, 11) is 0. The van der Waals surface area contributed by atoms with Crippen LogP contribution < -0.4 is 26.0 Å². The van der Waals surface area contributed by atoms with Crippen LogP contribution in [0, 0.1) is 0 Å². The highest BCUT2D eigenvalue weighted by Crippen LogP contribution is 2.27. The minimum Gasteiger partial charge on any atom is -0.457 e. The van der Waals surface area contributed by atoms with Crippen molar-refractivity contribution >= 4 is 34.1 Å². The van der Waals surface area contributed by atoms with Gasteiger partial charge in [-0.15, -0.1) is 0 Å². The average Bonchev–Trinajstić information content (AvgIpc) is 2.83. The van der Waals surface area contributed by atoms with Crippen molar-refractivity contribution in [3.8, 4) is 11.5 Å². The molecule has 0 saturated carbocycles. The van der Waals surface area contributed by atoms with Gasteiger partial charge in [0.25, 0.3) is 0 Å². The zero-order valence-electron chi connectivity index (χ0n) is 20.8. The summed E-state index contributed by atoms with van der Waals surface area (Å²) in [6, 6.07) is 33.4. The van der Waals surface area contributed by atoms with E-state index in [1.54, 1.807) is 0 Å². The zero-order chi connectivity index (χ0) is 24.6. The lowest BCUT2D eigenvalue weighted by Gasteiger charge is -2.12. The molecule has 0 fully saturated rings. The third-order valence-electron chi connectivity index (χ3n) is 5.20. The number of hydrogen-bond donors (Lipinski definition) is 4. The lowest BCUT2D eigenvalue weighted by molar-refractivity contribution is 0.483. The molecule has 0 atom stereocenters. The van der Waals surface area contributed by atoms with Crippen LogP contribution in [0.2, 0.25) is 0 Å². The first-order valence-corrected chi connectivity index (χ1v) is 12.1. The Labute approximate surface area is 208 Å². The Balaban J connectivity index is 1.30. The van der Waals surface area contributed by atoms with Crippen molar-refractivity contribution in [3.05, 3.63) is 97.1 Å². The highest BCUT2D eigenvalue weighted by Gasteiger charge is 2.02. The summed E-state index contributed by atoms with van der Waals surface area (Å²) in [6.45, 7) is 8.53. The Morgan fingerprint density at radius 2 is 0.657 bits per heavy atom. The second-order valence-corrected chi connectivity index (χ2v) is 9.15. The van der Waals surface area contributed by atoms with Crippen LogP contribution in [-0.2, 0) is 0 Å². The molecule has 180 valence electrons. The summed E-state index contributed by atoms with van der Waals surface area (Å²) in [5, 5.41) is 13.6. The van der Waals surface area contributed by atoms with Gasteiger partial charge in [-0.25, -0.2) is 0 Å². The average molecular weight is 467 g/mol. The number of anilines is 6. The van der Waals surface area contributed by atoms with E-state index in [2.05, 4.69) is 97.5 Å². The first kappa shape index (κ1) is 24.0. The second kappa shape index (κ2) is 11.3. The molecule has 35 heavy (non-hydrogen) atoms. The Bertz CT molecular complexity index is 1090. The van der Waals surface area contributed by atoms with Crippen molar-refractivity contribution in [1.29, 1.82) is 0 Å². The maximum Gasteiger partial charge on any atom is 0.127 e. The van der Waals surface area contributed by atoms with E-state index < -0.39 is 0 Å². The van der Waals surface area contributed by atoms with E-state index in [4.69, 9.17) is 4.74 Å². The molecular weight excluding hydrogens is 432 g/mol. The molecule has 5 nitrogen and oxygen atoms in total. The molecule has 0 saturated heterocycles. The minimum absolute atomic E-state index is 0.415. The maximum atomic E-state index is 6.02. The topological polar surface area (TPSA) is 57.4 Å². The predicted octanol–water partition coefficient (Wildman–Crippen LogP) is 8.61. The molecule has 4 aromatic carbocycles. The van der Waals surface area contributed by atoms with E-state index in [1.807, 2.05) is 48.5 Å². The van der Waals surface area contributed by atoms with Crippen LogP contribution in [-0.4, -0.2) is 12.1 Å². The largest absolute Gasteiger partial charge is 0.457 e. The molecule has 0 aromatic heterocycles. The van der Waals surface area contributed by atoms with E-state index >= 15 is 0 Å². The van der Waals surface area contributed by atoms with Crippen LogP contribution >= 0.6 is 0 Å². The lowest BCUT2D eigenvalue weighted by atomic mass is 10.2. The third kappa shape index (κ3) is 7.44. The van der Waals surface area contributed by atoms with Crippen molar-refractivity contribution in [2.75, 3.05) is 21.3 Å². The molecule has 0 aliphatic heterocycles. The Morgan fingerprint density at radius 3 is 0.943 bits per heavy atom. The number of ether oxygens (including phenoxy) is 1. The summed E-state index contributed by atoms with van der Waals surface area (Å²) >= 11 is 0. The van der Waals surface area contributed by atoms with Crippen LogP contribution in [0.4, 0.5) is 34.1 Å². The van der Waals surface area contributed by atoms with Gasteiger partial charge in [0, 0.05) is 46.2 Å². The molecule has 0 bridgehead atoms. The number of rotatable bonds is 10. The van der Waals surface area contributed by atoms with Crippen molar-refractivity contribution in [2.24, 2.45) is 0 Å². The Hall–Kier alpha value is -4.12. The van der Waals surface area contributed by atoms with Crippen LogP contribution in [0.5, 0.6) is 11.5 Å². The zero-order valence-corrected chi connectivity index (χ0v) is 20.8. The fourth-order valence-electron chi connectivity index (χ4n) is 3.65. The number of benzene rings is 4. The van der Waals surface area contributed by atoms with Gasteiger partial charge < -0.3 is 26.0 Å². The first-order chi connectivity index (χ1) is 16.9. The van der Waals surface area contributed by atoms with Crippen LogP contribution in [0.1, 0.15) is 27.7 Å². The number of hydrogen-bond acceptors (Lipinski definition) is 5. The fourth-order valence-corrected chi connectivity index (χ4v) is 3.65. The van der Waals surface area contributed by atoms with E-state index in [0.717, 1.165) is 45.6 Å². The van der Waals surface area contributed by atoms with E-state index in [1.165, 1.54) is 0 Å². The molecule has 0 radical (unpaired) electrons. The maximum absolute atomic E-state index is 6.02. The Morgan fingerprint density at radius 1 is 0.400 bits per heavy atom. The third-order valence-corrected chi connectivity index (χ3v) is 5.20. The molecule has 0 heterocycles. The molecule has 4 rings (SSSR count). The van der Waals surface area contributed by atoms with Crippen molar-refractivity contribution in [2.45, 2.75) is 39.8 Å². The van der Waals surface area contributed by atoms with Gasteiger partial charge in [-0.3, -0.25) is 0 Å². The van der Waals surface area contributed by atoms with Gasteiger partial charge in [0.05, 0.1) is 0 Å². The summed E-state index contributed by atoms with van der Waals surface area (Å²) in [5.41, 5.74) is 6.34. The monoisotopic (exact) mass is 466 g/mol. The highest BCUT2D eigenvalue weighted by atomic mass is 16.5. The van der Waals surface area contributed by atoms with Gasteiger partial charge >= 0.3 is 0 Å². The molecule has 0 unspecified atom stereocenters. The Kier molecular flexibility index (Phi) is 7.78. The summed E-state index contributed by atoms with van der Waals surface area (Å²) in [4.78, 5) is 0. The second-order valence-electron chi connectivity index (χ2n) is 9.15. The van der Waals surface area contributed by atoms with Gasteiger partial charge in [0.2, 0.25) is 0 Å². The van der Waals surface area contributed by atoms with Crippen LogP contribution in [0.15, 0.2) is 97.1 Å². The molecule has 4 N–H and O–H groups in total. The lowest BCUT2D eigenvalue weighted by Crippen LogP contribution is -2.09. The quantitative estimate of drug-likeness (QED) is 0.188. The fraction of sp³-hybridized carbons (Fsp3) is 0.200. The molecule has 0 aliphatic rings. The van der Waals surface area contributed by atoms with Gasteiger partial charge in [-0.1, -0.05) is 0 Å². The smallest absolute Gasteiger partial charge is 0.127 e. The molecule has 0 aliphatic carbocycles. The van der Waals surface area contributed by atoms with Crippen LogP contribution in [0.3, 0.4) is 0 Å². The van der Waals surface area contributed by atoms with Crippen LogP contribution in [0.25, 0.3) is 0 Å². The standard InChI is InChI=1S/C30H34N4O/c1-21(2)31-23-5-9-25(10-6-23)33-27-13-17-29(18-14-27)35-30-19-15-28(16-20-30)34-26-11-7-24(8-12-26)32-22(3)4/h5-22,31-34H,1-4H3. The van der Waals surface area contributed by atoms with Gasteiger partial charge in [0.1, 0.15) is 11.5 Å². The minimum atomic E-state index is 0.415. The van der Waals surface area contributed by atoms with Gasteiger partial charge in [-0.2, -0.15) is 0 Å². The highest BCUT2D eigenvalue weighted by molar-refractivity contribution is 5.64.